The lowest BCUT2D eigenvalue weighted by molar-refractivity contribution is 0.575. The molecule has 0 aliphatic rings. The maximum absolute atomic E-state index is 4.67. The molecular formula is C15H21N3S. The third kappa shape index (κ3) is 3.85. The number of hydrogen-bond donors (Lipinski definition) is 1. The second-order valence-electron chi connectivity index (χ2n) is 4.73. The van der Waals surface area contributed by atoms with Crippen molar-refractivity contribution >= 4 is 11.3 Å². The zero-order valence-electron chi connectivity index (χ0n) is 11.8. The van der Waals surface area contributed by atoms with Crippen molar-refractivity contribution in [3.8, 4) is 0 Å². The van der Waals surface area contributed by atoms with E-state index in [-0.39, 0.29) is 0 Å². The van der Waals surface area contributed by atoms with Crippen molar-refractivity contribution in [1.29, 1.82) is 0 Å². The maximum Gasteiger partial charge on any atom is 0.0991 e. The molecule has 0 bridgehead atoms. The Balaban J connectivity index is 2.08. The van der Waals surface area contributed by atoms with E-state index in [1.54, 1.807) is 11.3 Å². The molecule has 0 fully saturated rings. The van der Waals surface area contributed by atoms with Gasteiger partial charge >= 0.3 is 0 Å². The van der Waals surface area contributed by atoms with Gasteiger partial charge in [0.25, 0.3) is 0 Å². The highest BCUT2D eigenvalue weighted by Crippen LogP contribution is 2.26. The van der Waals surface area contributed by atoms with Crippen molar-refractivity contribution in [3.63, 3.8) is 0 Å². The number of thiazole rings is 1. The van der Waals surface area contributed by atoms with Crippen LogP contribution in [0.4, 0.5) is 0 Å². The molecule has 2 aromatic rings. The highest BCUT2D eigenvalue weighted by Gasteiger charge is 2.14. The van der Waals surface area contributed by atoms with Gasteiger partial charge in [-0.1, -0.05) is 13.0 Å². The molecule has 1 N–H and O–H groups in total. The van der Waals surface area contributed by atoms with Crippen molar-refractivity contribution in [2.45, 2.75) is 39.7 Å². The molecule has 0 aliphatic carbocycles. The molecule has 2 aromatic heterocycles. The average Bonchev–Trinajstić information content (AvgIpc) is 2.78. The number of aromatic nitrogens is 2. The zero-order chi connectivity index (χ0) is 13.7. The Kier molecular flexibility index (Phi) is 5.05. The Morgan fingerprint density at radius 2 is 2.21 bits per heavy atom. The molecule has 4 heteroatoms. The third-order valence-corrected chi connectivity index (χ3v) is 4.37. The van der Waals surface area contributed by atoms with Gasteiger partial charge in [-0.3, -0.25) is 4.98 Å². The van der Waals surface area contributed by atoms with Crippen molar-refractivity contribution in [3.05, 3.63) is 45.7 Å². The van der Waals surface area contributed by atoms with Gasteiger partial charge in [0.2, 0.25) is 0 Å². The van der Waals surface area contributed by atoms with Crippen LogP contribution >= 0.6 is 11.3 Å². The first-order valence-corrected chi connectivity index (χ1v) is 7.61. The minimum Gasteiger partial charge on any atom is -0.309 e. The van der Waals surface area contributed by atoms with E-state index in [0.717, 1.165) is 35.8 Å². The van der Waals surface area contributed by atoms with Crippen LogP contribution in [0.15, 0.2) is 24.4 Å². The topological polar surface area (TPSA) is 37.8 Å². The molecule has 1 atom stereocenters. The highest BCUT2D eigenvalue weighted by atomic mass is 32.1. The van der Waals surface area contributed by atoms with Crippen LogP contribution in [0, 0.1) is 6.92 Å². The van der Waals surface area contributed by atoms with Crippen LogP contribution in [0.3, 0.4) is 0 Å². The molecular weight excluding hydrogens is 254 g/mol. The highest BCUT2D eigenvalue weighted by molar-refractivity contribution is 7.11. The summed E-state index contributed by atoms with van der Waals surface area (Å²) >= 11 is 1.80. The molecule has 0 radical (unpaired) electrons. The first-order valence-electron chi connectivity index (χ1n) is 6.80. The van der Waals surface area contributed by atoms with Crippen molar-refractivity contribution in [2.24, 2.45) is 0 Å². The van der Waals surface area contributed by atoms with E-state index < -0.39 is 0 Å². The lowest BCUT2D eigenvalue weighted by Crippen LogP contribution is -2.18. The van der Waals surface area contributed by atoms with Crippen LogP contribution in [-0.2, 0) is 6.42 Å². The van der Waals surface area contributed by atoms with Crippen LogP contribution in [0.2, 0.25) is 0 Å². The summed E-state index contributed by atoms with van der Waals surface area (Å²) in [7, 11) is 0. The number of aryl methyl sites for hydroxylation is 1. The second-order valence-corrected chi connectivity index (χ2v) is 5.85. The van der Waals surface area contributed by atoms with E-state index in [4.69, 9.17) is 0 Å². The van der Waals surface area contributed by atoms with E-state index >= 15 is 0 Å². The molecule has 2 heterocycles. The van der Waals surface area contributed by atoms with E-state index in [9.17, 15) is 0 Å². The molecule has 2 rings (SSSR count). The molecule has 102 valence electrons. The van der Waals surface area contributed by atoms with Gasteiger partial charge in [0.15, 0.2) is 0 Å². The number of rotatable bonds is 6. The average molecular weight is 275 g/mol. The predicted molar refractivity (Wildman–Crippen MR) is 80.6 cm³/mol. The van der Waals surface area contributed by atoms with Crippen molar-refractivity contribution in [2.75, 3.05) is 6.54 Å². The van der Waals surface area contributed by atoms with Crippen molar-refractivity contribution in [1.82, 2.24) is 15.3 Å². The second kappa shape index (κ2) is 6.78. The van der Waals surface area contributed by atoms with Crippen LogP contribution in [0.1, 0.15) is 47.6 Å². The molecule has 0 amide bonds. The van der Waals surface area contributed by atoms with Crippen LogP contribution in [0.25, 0.3) is 0 Å². The first kappa shape index (κ1) is 14.2. The summed E-state index contributed by atoms with van der Waals surface area (Å²) in [6, 6.07) is 6.40. The molecule has 0 aliphatic heterocycles. The van der Waals surface area contributed by atoms with Gasteiger partial charge in [0.05, 0.1) is 10.7 Å². The summed E-state index contributed by atoms with van der Waals surface area (Å²) in [5.41, 5.74) is 2.23. The minimum atomic E-state index is 0.384. The van der Waals surface area contributed by atoms with Gasteiger partial charge in [-0.2, -0.15) is 0 Å². The number of nitrogens with one attached hydrogen (secondary N) is 1. The summed E-state index contributed by atoms with van der Waals surface area (Å²) in [4.78, 5) is 10.4. The molecule has 0 saturated carbocycles. The van der Waals surface area contributed by atoms with Crippen LogP contribution < -0.4 is 5.32 Å². The Hall–Kier alpha value is -1.26. The van der Waals surface area contributed by atoms with Gasteiger partial charge in [0, 0.05) is 29.2 Å². The van der Waals surface area contributed by atoms with Gasteiger partial charge in [-0.25, -0.2) is 4.98 Å². The minimum absolute atomic E-state index is 0.384. The molecule has 19 heavy (non-hydrogen) atoms. The predicted octanol–water partition coefficient (Wildman–Crippen LogP) is 3.50. The van der Waals surface area contributed by atoms with Gasteiger partial charge in [0.1, 0.15) is 0 Å². The van der Waals surface area contributed by atoms with Crippen LogP contribution in [0.5, 0.6) is 0 Å². The summed E-state index contributed by atoms with van der Waals surface area (Å²) in [6.45, 7) is 7.54. The fourth-order valence-electron chi connectivity index (χ4n) is 2.05. The molecule has 0 aromatic carbocycles. The van der Waals surface area contributed by atoms with Crippen LogP contribution in [-0.4, -0.2) is 16.5 Å². The van der Waals surface area contributed by atoms with E-state index in [1.807, 2.05) is 18.3 Å². The van der Waals surface area contributed by atoms with Gasteiger partial charge < -0.3 is 5.32 Å². The Labute approximate surface area is 119 Å². The van der Waals surface area contributed by atoms with E-state index in [0.29, 0.717) is 6.04 Å². The molecule has 3 nitrogen and oxygen atoms in total. The molecule has 1 unspecified atom stereocenters. The Morgan fingerprint density at radius 1 is 1.37 bits per heavy atom. The fraction of sp³-hybridized carbons (Fsp3) is 0.467. The normalized spacial score (nSPS) is 12.6. The quantitative estimate of drug-likeness (QED) is 0.877. The van der Waals surface area contributed by atoms with E-state index in [1.165, 1.54) is 4.88 Å². The lowest BCUT2D eigenvalue weighted by Gasteiger charge is -2.11. The zero-order valence-corrected chi connectivity index (χ0v) is 12.6. The fourth-order valence-corrected chi connectivity index (χ4v) is 3.16. The molecule has 0 saturated heterocycles. The summed E-state index contributed by atoms with van der Waals surface area (Å²) in [6.07, 6.45) is 3.82. The lowest BCUT2D eigenvalue weighted by atomic mass is 10.2. The standard InChI is InChI=1S/C15H21N3S/c1-4-8-16-11(2)15-12(3)18-14(19-15)10-13-7-5-6-9-17-13/h5-7,9,11,16H,4,8,10H2,1-3H3. The maximum atomic E-state index is 4.67. The monoisotopic (exact) mass is 275 g/mol. The molecule has 0 spiro atoms. The Bertz CT molecular complexity index is 507. The van der Waals surface area contributed by atoms with Crippen molar-refractivity contribution < 1.29 is 0 Å². The largest absolute Gasteiger partial charge is 0.309 e. The summed E-state index contributed by atoms with van der Waals surface area (Å²) in [5.74, 6) is 0. The first-order chi connectivity index (χ1) is 9.20. The Morgan fingerprint density at radius 3 is 2.89 bits per heavy atom. The SMILES string of the molecule is CCCNC(C)c1sc(Cc2ccccn2)nc1C. The van der Waals surface area contributed by atoms with Gasteiger partial charge in [-0.15, -0.1) is 11.3 Å². The smallest absolute Gasteiger partial charge is 0.0991 e. The number of hydrogen-bond acceptors (Lipinski definition) is 4. The van der Waals surface area contributed by atoms with E-state index in [2.05, 4.69) is 42.1 Å². The number of pyridine rings is 1. The number of nitrogens with zero attached hydrogens (tertiary/aromatic N) is 2. The third-order valence-electron chi connectivity index (χ3n) is 3.03. The summed E-state index contributed by atoms with van der Waals surface area (Å²) in [5, 5.41) is 4.67. The van der Waals surface area contributed by atoms with Gasteiger partial charge in [-0.05, 0) is 38.9 Å². The summed E-state index contributed by atoms with van der Waals surface area (Å²) < 4.78 is 0.